The van der Waals surface area contributed by atoms with Crippen molar-refractivity contribution >= 4 is 29.3 Å². The number of rotatable bonds is 3. The van der Waals surface area contributed by atoms with Gasteiger partial charge in [0.2, 0.25) is 0 Å². The maximum absolute atomic E-state index is 11.7. The van der Waals surface area contributed by atoms with Crippen LogP contribution in [0.1, 0.15) is 36.5 Å². The fraction of sp³-hybridized carbons (Fsp3) is 0.333. The molecule has 1 amide bonds. The second kappa shape index (κ2) is 5.63. The molecule has 1 aliphatic heterocycles. The second-order valence-electron chi connectivity index (χ2n) is 5.07. The number of hydrogen-bond acceptors (Lipinski definition) is 3. The van der Waals surface area contributed by atoms with Gasteiger partial charge in [-0.05, 0) is 60.0 Å². The van der Waals surface area contributed by atoms with Gasteiger partial charge >= 0.3 is 0 Å². The first-order valence-corrected chi connectivity index (χ1v) is 6.85. The van der Waals surface area contributed by atoms with E-state index in [1.54, 1.807) is 7.11 Å². The summed E-state index contributed by atoms with van der Waals surface area (Å²) in [5.41, 5.74) is 3.62. The standard InChI is InChI=1S/C15H18N2O2S/c1-8(2)11-6-10(9(3)5-13(11)19-4)7-12-14(18)17-15(20)16-12/h5-8H,1-4H3,(H2,16,17,18,20)/b12-7+. The van der Waals surface area contributed by atoms with Gasteiger partial charge in [-0.15, -0.1) is 0 Å². The molecule has 106 valence electrons. The molecule has 1 aliphatic rings. The summed E-state index contributed by atoms with van der Waals surface area (Å²) in [6.07, 6.45) is 1.81. The van der Waals surface area contributed by atoms with Gasteiger partial charge < -0.3 is 10.1 Å². The number of nitrogens with one attached hydrogen (secondary N) is 2. The third-order valence-electron chi connectivity index (χ3n) is 3.26. The predicted molar refractivity (Wildman–Crippen MR) is 83.7 cm³/mol. The molecule has 0 bridgehead atoms. The van der Waals surface area contributed by atoms with Gasteiger partial charge in [0.05, 0.1) is 7.11 Å². The normalized spacial score (nSPS) is 16.6. The number of carbonyl (C=O) groups is 1. The molecule has 1 aromatic carbocycles. The molecular weight excluding hydrogens is 272 g/mol. The van der Waals surface area contributed by atoms with Crippen molar-refractivity contribution in [3.8, 4) is 5.75 Å². The Balaban J connectivity index is 2.47. The van der Waals surface area contributed by atoms with Crippen LogP contribution in [0, 0.1) is 6.92 Å². The minimum Gasteiger partial charge on any atom is -0.496 e. The van der Waals surface area contributed by atoms with Gasteiger partial charge in [0.25, 0.3) is 5.91 Å². The highest BCUT2D eigenvalue weighted by Crippen LogP contribution is 2.30. The van der Waals surface area contributed by atoms with Crippen LogP contribution in [0.15, 0.2) is 17.8 Å². The largest absolute Gasteiger partial charge is 0.496 e. The monoisotopic (exact) mass is 290 g/mol. The van der Waals surface area contributed by atoms with Crippen LogP contribution < -0.4 is 15.4 Å². The number of amides is 1. The van der Waals surface area contributed by atoms with Crippen molar-refractivity contribution < 1.29 is 9.53 Å². The number of methoxy groups -OCH3 is 1. The van der Waals surface area contributed by atoms with Crippen molar-refractivity contribution in [2.75, 3.05) is 7.11 Å². The van der Waals surface area contributed by atoms with Crippen LogP contribution in [-0.4, -0.2) is 18.1 Å². The summed E-state index contributed by atoms with van der Waals surface area (Å²) < 4.78 is 5.41. The molecule has 20 heavy (non-hydrogen) atoms. The van der Waals surface area contributed by atoms with Gasteiger partial charge in [0.1, 0.15) is 11.4 Å². The molecule has 1 saturated heterocycles. The highest BCUT2D eigenvalue weighted by atomic mass is 32.1. The van der Waals surface area contributed by atoms with E-state index in [4.69, 9.17) is 17.0 Å². The summed E-state index contributed by atoms with van der Waals surface area (Å²) in [6, 6.07) is 4.05. The Labute approximate surface area is 124 Å². The first-order valence-electron chi connectivity index (χ1n) is 6.45. The van der Waals surface area contributed by atoms with Crippen LogP contribution in [0.4, 0.5) is 0 Å². The summed E-state index contributed by atoms with van der Waals surface area (Å²) in [6.45, 7) is 6.21. The molecule has 2 rings (SSSR count). The summed E-state index contributed by atoms with van der Waals surface area (Å²) in [4.78, 5) is 11.7. The van der Waals surface area contributed by atoms with E-state index >= 15 is 0 Å². The minimum atomic E-state index is -0.198. The molecule has 1 fully saturated rings. The Hall–Kier alpha value is -1.88. The quantitative estimate of drug-likeness (QED) is 0.663. The molecule has 0 radical (unpaired) electrons. The number of thiocarbonyl (C=S) groups is 1. The van der Waals surface area contributed by atoms with E-state index in [1.807, 2.05) is 19.1 Å². The first kappa shape index (κ1) is 14.5. The molecule has 0 atom stereocenters. The molecule has 0 aromatic heterocycles. The molecule has 1 heterocycles. The van der Waals surface area contributed by atoms with Crippen LogP contribution in [0.5, 0.6) is 5.75 Å². The molecule has 4 nitrogen and oxygen atoms in total. The lowest BCUT2D eigenvalue weighted by Gasteiger charge is -2.14. The summed E-state index contributed by atoms with van der Waals surface area (Å²) in [7, 11) is 1.67. The highest BCUT2D eigenvalue weighted by molar-refractivity contribution is 7.80. The fourth-order valence-corrected chi connectivity index (χ4v) is 2.34. The van der Waals surface area contributed by atoms with Crippen molar-refractivity contribution in [3.05, 3.63) is 34.5 Å². The van der Waals surface area contributed by atoms with E-state index in [1.165, 1.54) is 0 Å². The summed E-state index contributed by atoms with van der Waals surface area (Å²) in [5, 5.41) is 5.76. The third-order valence-corrected chi connectivity index (χ3v) is 3.46. The van der Waals surface area contributed by atoms with Crippen molar-refractivity contribution in [2.24, 2.45) is 0 Å². The zero-order chi connectivity index (χ0) is 14.9. The topological polar surface area (TPSA) is 50.4 Å². The molecular formula is C15H18N2O2S. The molecule has 5 heteroatoms. The average Bonchev–Trinajstić information content (AvgIpc) is 2.69. The molecule has 0 unspecified atom stereocenters. The Morgan fingerprint density at radius 1 is 1.30 bits per heavy atom. The van der Waals surface area contributed by atoms with Gasteiger partial charge in [-0.2, -0.15) is 0 Å². The van der Waals surface area contributed by atoms with E-state index in [9.17, 15) is 4.79 Å². The number of aryl methyl sites for hydroxylation is 1. The summed E-state index contributed by atoms with van der Waals surface area (Å²) >= 11 is 4.93. The number of hydrogen-bond donors (Lipinski definition) is 2. The SMILES string of the molecule is COc1cc(C)c(/C=C2/NC(=S)NC2=O)cc1C(C)C. The predicted octanol–water partition coefficient (Wildman–Crippen LogP) is 2.47. The Kier molecular flexibility index (Phi) is 4.09. The maximum atomic E-state index is 11.7. The van der Waals surface area contributed by atoms with E-state index in [0.717, 1.165) is 22.4 Å². The van der Waals surface area contributed by atoms with Crippen LogP contribution in [0.25, 0.3) is 6.08 Å². The van der Waals surface area contributed by atoms with E-state index in [0.29, 0.717) is 16.7 Å². The fourth-order valence-electron chi connectivity index (χ4n) is 2.14. The Morgan fingerprint density at radius 2 is 2.00 bits per heavy atom. The van der Waals surface area contributed by atoms with Gasteiger partial charge in [0.15, 0.2) is 5.11 Å². The lowest BCUT2D eigenvalue weighted by atomic mass is 9.96. The third kappa shape index (κ3) is 2.82. The van der Waals surface area contributed by atoms with E-state index < -0.39 is 0 Å². The maximum Gasteiger partial charge on any atom is 0.273 e. The zero-order valence-electron chi connectivity index (χ0n) is 12.0. The van der Waals surface area contributed by atoms with Gasteiger partial charge in [-0.25, -0.2) is 0 Å². The zero-order valence-corrected chi connectivity index (χ0v) is 12.9. The Bertz CT molecular complexity index is 606. The number of carbonyl (C=O) groups excluding carboxylic acids is 1. The summed E-state index contributed by atoms with van der Waals surface area (Å²) in [5.74, 6) is 1.02. The highest BCUT2D eigenvalue weighted by Gasteiger charge is 2.20. The van der Waals surface area contributed by atoms with Gasteiger partial charge in [-0.1, -0.05) is 13.8 Å². The van der Waals surface area contributed by atoms with Gasteiger partial charge in [0, 0.05) is 0 Å². The lowest BCUT2D eigenvalue weighted by Crippen LogP contribution is -2.21. The van der Waals surface area contributed by atoms with E-state index in [2.05, 4.69) is 30.5 Å². The number of ether oxygens (including phenoxy) is 1. The number of benzene rings is 1. The van der Waals surface area contributed by atoms with Crippen molar-refractivity contribution in [1.82, 2.24) is 10.6 Å². The van der Waals surface area contributed by atoms with Crippen LogP contribution in [0.3, 0.4) is 0 Å². The van der Waals surface area contributed by atoms with Crippen molar-refractivity contribution in [2.45, 2.75) is 26.7 Å². The van der Waals surface area contributed by atoms with Crippen molar-refractivity contribution in [3.63, 3.8) is 0 Å². The first-order chi connectivity index (χ1) is 9.42. The average molecular weight is 290 g/mol. The minimum absolute atomic E-state index is 0.198. The molecule has 0 aliphatic carbocycles. The van der Waals surface area contributed by atoms with Crippen LogP contribution in [-0.2, 0) is 4.79 Å². The lowest BCUT2D eigenvalue weighted by molar-refractivity contribution is -0.115. The van der Waals surface area contributed by atoms with Crippen LogP contribution >= 0.6 is 12.2 Å². The molecule has 0 spiro atoms. The van der Waals surface area contributed by atoms with E-state index in [-0.39, 0.29) is 5.91 Å². The second-order valence-corrected chi connectivity index (χ2v) is 5.48. The molecule has 0 saturated carbocycles. The Morgan fingerprint density at radius 3 is 2.50 bits per heavy atom. The molecule has 1 aromatic rings. The molecule has 2 N–H and O–H groups in total. The van der Waals surface area contributed by atoms with Gasteiger partial charge in [-0.3, -0.25) is 10.1 Å². The smallest absolute Gasteiger partial charge is 0.273 e. The van der Waals surface area contributed by atoms with Crippen molar-refractivity contribution in [1.29, 1.82) is 0 Å². The van der Waals surface area contributed by atoms with Crippen LogP contribution in [0.2, 0.25) is 0 Å².